The molecule has 0 saturated heterocycles. The van der Waals surface area contributed by atoms with Crippen molar-refractivity contribution in [2.24, 2.45) is 4.99 Å². The van der Waals surface area contributed by atoms with E-state index >= 15 is 0 Å². The zero-order valence-electron chi connectivity index (χ0n) is 8.02. The van der Waals surface area contributed by atoms with E-state index in [1.54, 1.807) is 32.3 Å². The number of hydrogen-bond donors (Lipinski definition) is 1. The van der Waals surface area contributed by atoms with Crippen molar-refractivity contribution < 1.29 is 4.92 Å². The molecule has 1 aromatic carbocycles. The predicted molar refractivity (Wildman–Crippen MR) is 54.6 cm³/mol. The molecule has 1 aromatic rings. The third-order valence-corrected chi connectivity index (χ3v) is 1.82. The zero-order chi connectivity index (χ0) is 10.6. The Labute approximate surface area is 81.6 Å². The smallest absolute Gasteiger partial charge is 0.280 e. The summed E-state index contributed by atoms with van der Waals surface area (Å²) in [5.74, 6) is 0.511. The van der Waals surface area contributed by atoms with Crippen LogP contribution in [0.2, 0.25) is 0 Å². The summed E-state index contributed by atoms with van der Waals surface area (Å²) in [6.07, 6.45) is 0. The second-order valence-electron chi connectivity index (χ2n) is 2.60. The Kier molecular flexibility index (Phi) is 3.17. The molecule has 0 atom stereocenters. The van der Waals surface area contributed by atoms with Crippen molar-refractivity contribution in [3.63, 3.8) is 0 Å². The third-order valence-electron chi connectivity index (χ3n) is 1.82. The number of hydrogen-bond acceptors (Lipinski definition) is 3. The molecule has 5 nitrogen and oxygen atoms in total. The van der Waals surface area contributed by atoms with Crippen LogP contribution >= 0.6 is 0 Å². The summed E-state index contributed by atoms with van der Waals surface area (Å²) in [7, 11) is 3.27. The van der Waals surface area contributed by atoms with Gasteiger partial charge in [-0.1, -0.05) is 12.1 Å². The molecule has 1 N–H and O–H groups in total. The van der Waals surface area contributed by atoms with Crippen molar-refractivity contribution in [3.8, 4) is 0 Å². The van der Waals surface area contributed by atoms with Crippen LogP contribution in [0.4, 0.5) is 5.69 Å². The number of nitro groups is 1. The lowest BCUT2D eigenvalue weighted by Crippen LogP contribution is -2.20. The van der Waals surface area contributed by atoms with Crippen molar-refractivity contribution in [1.82, 2.24) is 5.32 Å². The van der Waals surface area contributed by atoms with Gasteiger partial charge in [0, 0.05) is 20.2 Å². The molecule has 0 aliphatic heterocycles. The largest absolute Gasteiger partial charge is 0.373 e. The minimum Gasteiger partial charge on any atom is -0.373 e. The van der Waals surface area contributed by atoms with Gasteiger partial charge in [0.1, 0.15) is 5.84 Å². The van der Waals surface area contributed by atoms with E-state index in [9.17, 15) is 10.1 Å². The normalized spacial score (nSPS) is 11.1. The predicted octanol–water partition coefficient (Wildman–Crippen LogP) is 1.19. The second-order valence-corrected chi connectivity index (χ2v) is 2.60. The van der Waals surface area contributed by atoms with E-state index in [0.717, 1.165) is 0 Å². The summed E-state index contributed by atoms with van der Waals surface area (Å²) >= 11 is 0. The van der Waals surface area contributed by atoms with Gasteiger partial charge in [0.2, 0.25) is 0 Å². The quantitative estimate of drug-likeness (QED) is 0.332. The summed E-state index contributed by atoms with van der Waals surface area (Å²) in [6.45, 7) is 0. The third kappa shape index (κ3) is 1.87. The number of rotatable bonds is 2. The van der Waals surface area contributed by atoms with Gasteiger partial charge in [0.25, 0.3) is 5.69 Å². The van der Waals surface area contributed by atoms with Crippen LogP contribution in [0.25, 0.3) is 0 Å². The molecule has 0 saturated carbocycles. The molecule has 0 bridgehead atoms. The molecular formula is C9H11N3O2. The van der Waals surface area contributed by atoms with Crippen LogP contribution in [0.3, 0.4) is 0 Å². The van der Waals surface area contributed by atoms with Gasteiger partial charge in [-0.2, -0.15) is 0 Å². The fourth-order valence-electron chi connectivity index (χ4n) is 1.20. The number of nitro benzene ring substituents is 1. The summed E-state index contributed by atoms with van der Waals surface area (Å²) in [6, 6.07) is 6.49. The van der Waals surface area contributed by atoms with Gasteiger partial charge in [-0.25, -0.2) is 0 Å². The number of benzene rings is 1. The summed E-state index contributed by atoms with van der Waals surface area (Å²) in [4.78, 5) is 14.2. The van der Waals surface area contributed by atoms with Crippen LogP contribution in [0, 0.1) is 10.1 Å². The molecule has 0 fully saturated rings. The molecule has 0 heterocycles. The Morgan fingerprint density at radius 3 is 2.64 bits per heavy atom. The molecule has 0 aliphatic rings. The molecule has 0 unspecified atom stereocenters. The first-order chi connectivity index (χ1) is 6.70. The van der Waals surface area contributed by atoms with Crippen molar-refractivity contribution in [1.29, 1.82) is 0 Å². The Bertz CT molecular complexity index is 374. The number of nitrogens with one attached hydrogen (secondary N) is 1. The van der Waals surface area contributed by atoms with Crippen LogP contribution in [-0.2, 0) is 0 Å². The highest BCUT2D eigenvalue weighted by molar-refractivity contribution is 6.01. The van der Waals surface area contributed by atoms with E-state index in [4.69, 9.17) is 0 Å². The number of para-hydroxylation sites is 1. The van der Waals surface area contributed by atoms with Crippen molar-refractivity contribution in [2.45, 2.75) is 0 Å². The fourth-order valence-corrected chi connectivity index (χ4v) is 1.20. The monoisotopic (exact) mass is 193 g/mol. The highest BCUT2D eigenvalue weighted by Crippen LogP contribution is 2.17. The molecule has 1 rings (SSSR count). The minimum absolute atomic E-state index is 0.0578. The van der Waals surface area contributed by atoms with Gasteiger partial charge in [-0.15, -0.1) is 0 Å². The maximum Gasteiger partial charge on any atom is 0.280 e. The maximum atomic E-state index is 10.7. The van der Waals surface area contributed by atoms with E-state index in [2.05, 4.69) is 10.3 Å². The zero-order valence-corrected chi connectivity index (χ0v) is 8.02. The Balaban J connectivity index is 3.26. The lowest BCUT2D eigenvalue weighted by Gasteiger charge is -2.04. The Morgan fingerprint density at radius 2 is 2.14 bits per heavy atom. The SMILES string of the molecule is CN=C(NC)c1ccccc1[N+](=O)[O-]. The first-order valence-electron chi connectivity index (χ1n) is 4.09. The molecular weight excluding hydrogens is 182 g/mol. The van der Waals surface area contributed by atoms with Gasteiger partial charge < -0.3 is 5.32 Å². The Hall–Kier alpha value is -1.91. The van der Waals surface area contributed by atoms with Crippen LogP contribution in [0.15, 0.2) is 29.3 Å². The van der Waals surface area contributed by atoms with Crippen LogP contribution < -0.4 is 5.32 Å². The highest BCUT2D eigenvalue weighted by atomic mass is 16.6. The van der Waals surface area contributed by atoms with E-state index in [0.29, 0.717) is 11.4 Å². The molecule has 0 amide bonds. The Morgan fingerprint density at radius 1 is 1.50 bits per heavy atom. The summed E-state index contributed by atoms with van der Waals surface area (Å²) in [5.41, 5.74) is 0.560. The number of nitrogens with zero attached hydrogens (tertiary/aromatic N) is 2. The topological polar surface area (TPSA) is 67.5 Å². The first-order valence-corrected chi connectivity index (χ1v) is 4.09. The average Bonchev–Trinajstić information content (AvgIpc) is 2.20. The van der Waals surface area contributed by atoms with Gasteiger partial charge >= 0.3 is 0 Å². The fraction of sp³-hybridized carbons (Fsp3) is 0.222. The first kappa shape index (κ1) is 10.2. The van der Waals surface area contributed by atoms with E-state index in [1.165, 1.54) is 6.07 Å². The van der Waals surface area contributed by atoms with Gasteiger partial charge in [0.15, 0.2) is 0 Å². The lowest BCUT2D eigenvalue weighted by atomic mass is 10.1. The molecule has 74 valence electrons. The van der Waals surface area contributed by atoms with Crippen LogP contribution in [-0.4, -0.2) is 24.9 Å². The van der Waals surface area contributed by atoms with Gasteiger partial charge in [-0.3, -0.25) is 15.1 Å². The maximum absolute atomic E-state index is 10.7. The number of amidine groups is 1. The van der Waals surface area contributed by atoms with E-state index in [1.807, 2.05) is 0 Å². The minimum atomic E-state index is -0.419. The summed E-state index contributed by atoms with van der Waals surface area (Å²) in [5, 5.41) is 13.5. The molecule has 0 radical (unpaired) electrons. The lowest BCUT2D eigenvalue weighted by molar-refractivity contribution is -0.385. The summed E-state index contributed by atoms with van der Waals surface area (Å²) < 4.78 is 0. The molecule has 0 spiro atoms. The second kappa shape index (κ2) is 4.36. The van der Waals surface area contributed by atoms with E-state index in [-0.39, 0.29) is 5.69 Å². The molecule has 0 aromatic heterocycles. The van der Waals surface area contributed by atoms with Crippen LogP contribution in [0.1, 0.15) is 5.56 Å². The highest BCUT2D eigenvalue weighted by Gasteiger charge is 2.15. The molecule has 5 heteroatoms. The average molecular weight is 193 g/mol. The number of aliphatic imine (C=N–C) groups is 1. The van der Waals surface area contributed by atoms with Crippen molar-refractivity contribution in [3.05, 3.63) is 39.9 Å². The van der Waals surface area contributed by atoms with Crippen molar-refractivity contribution >= 4 is 11.5 Å². The van der Waals surface area contributed by atoms with Crippen LogP contribution in [0.5, 0.6) is 0 Å². The van der Waals surface area contributed by atoms with E-state index < -0.39 is 4.92 Å². The molecule has 0 aliphatic carbocycles. The van der Waals surface area contributed by atoms with Gasteiger partial charge in [-0.05, 0) is 6.07 Å². The standard InChI is InChI=1S/C9H11N3O2/c1-10-9(11-2)7-5-3-4-6-8(7)12(13)14/h3-6H,1-2H3,(H,10,11). The van der Waals surface area contributed by atoms with Gasteiger partial charge in [0.05, 0.1) is 10.5 Å². The van der Waals surface area contributed by atoms with Crippen molar-refractivity contribution in [2.75, 3.05) is 14.1 Å². The molecule has 14 heavy (non-hydrogen) atoms.